The molecule has 1 heterocycles. The molecule has 0 aliphatic carbocycles. The Labute approximate surface area is 180 Å². The minimum atomic E-state index is -0.0416. The summed E-state index contributed by atoms with van der Waals surface area (Å²) < 4.78 is 11.3. The molecule has 0 saturated carbocycles. The van der Waals surface area contributed by atoms with E-state index in [1.165, 1.54) is 89.0 Å². The lowest BCUT2D eigenvalue weighted by Crippen LogP contribution is -2.16. The molecule has 0 amide bonds. The molecule has 1 atom stereocenters. The highest BCUT2D eigenvalue weighted by atomic mass is 16.6. The highest BCUT2D eigenvalue weighted by molar-refractivity contribution is 5.28. The number of ether oxygens (including phenoxy) is 2. The van der Waals surface area contributed by atoms with Crippen molar-refractivity contribution in [2.75, 3.05) is 13.2 Å². The summed E-state index contributed by atoms with van der Waals surface area (Å²) in [6, 6.07) is 8.58. The zero-order valence-electron chi connectivity index (χ0n) is 19.1. The largest absolute Gasteiger partial charge is 0.490 e. The Morgan fingerprint density at radius 2 is 1.52 bits per heavy atom. The van der Waals surface area contributed by atoms with E-state index < -0.39 is 0 Å². The van der Waals surface area contributed by atoms with Crippen LogP contribution in [0.1, 0.15) is 103 Å². The lowest BCUT2D eigenvalue weighted by Gasteiger charge is -2.10. The number of aryl methyl sites for hydroxylation is 1. The molecule has 1 aliphatic rings. The number of hydrogen-bond donors (Lipinski definition) is 0. The molecule has 0 N–H and O–H groups in total. The van der Waals surface area contributed by atoms with E-state index in [0.29, 0.717) is 6.61 Å². The highest BCUT2D eigenvalue weighted by Gasteiger charge is 2.40. The van der Waals surface area contributed by atoms with E-state index in [1.807, 2.05) is 0 Å². The van der Waals surface area contributed by atoms with Crippen LogP contribution in [0.3, 0.4) is 0 Å². The summed E-state index contributed by atoms with van der Waals surface area (Å²) in [5.41, 5.74) is 1.35. The van der Waals surface area contributed by atoms with Crippen LogP contribution >= 0.6 is 0 Å². The molecule has 0 bridgehead atoms. The van der Waals surface area contributed by atoms with Crippen molar-refractivity contribution >= 4 is 0 Å². The van der Waals surface area contributed by atoms with Crippen LogP contribution in [-0.4, -0.2) is 18.8 Å². The first-order valence-corrected chi connectivity index (χ1v) is 12.2. The predicted molar refractivity (Wildman–Crippen MR) is 125 cm³/mol. The SMILES string of the molecule is CCCCCCC/C=C/CCCCCCCCc1cccc(OCC2(C)CO2)c1. The van der Waals surface area contributed by atoms with Crippen LogP contribution < -0.4 is 4.74 Å². The van der Waals surface area contributed by atoms with E-state index in [1.54, 1.807) is 0 Å². The van der Waals surface area contributed by atoms with Crippen LogP contribution in [0.5, 0.6) is 5.75 Å². The van der Waals surface area contributed by atoms with Gasteiger partial charge < -0.3 is 9.47 Å². The van der Waals surface area contributed by atoms with E-state index in [4.69, 9.17) is 9.47 Å². The van der Waals surface area contributed by atoms with Crippen LogP contribution in [0.4, 0.5) is 0 Å². The van der Waals surface area contributed by atoms with Crippen LogP contribution in [0.25, 0.3) is 0 Å². The van der Waals surface area contributed by atoms with Gasteiger partial charge in [0.2, 0.25) is 0 Å². The molecule has 1 aromatic rings. The van der Waals surface area contributed by atoms with Crippen LogP contribution in [-0.2, 0) is 11.2 Å². The molecule has 2 nitrogen and oxygen atoms in total. The maximum absolute atomic E-state index is 5.87. The molecule has 1 unspecified atom stereocenters. The van der Waals surface area contributed by atoms with E-state index >= 15 is 0 Å². The molecule has 2 rings (SSSR count). The summed E-state index contributed by atoms with van der Waals surface area (Å²) in [5, 5.41) is 0. The first-order valence-electron chi connectivity index (χ1n) is 12.2. The minimum absolute atomic E-state index is 0.0416. The van der Waals surface area contributed by atoms with Crippen molar-refractivity contribution in [2.24, 2.45) is 0 Å². The molecule has 1 aromatic carbocycles. The Balaban J connectivity index is 1.39. The van der Waals surface area contributed by atoms with Gasteiger partial charge >= 0.3 is 0 Å². The molecule has 1 fully saturated rings. The van der Waals surface area contributed by atoms with Gasteiger partial charge in [-0.25, -0.2) is 0 Å². The van der Waals surface area contributed by atoms with E-state index in [2.05, 4.69) is 50.3 Å². The number of unbranched alkanes of at least 4 members (excludes halogenated alkanes) is 11. The summed E-state index contributed by atoms with van der Waals surface area (Å²) >= 11 is 0. The highest BCUT2D eigenvalue weighted by Crippen LogP contribution is 2.27. The lowest BCUT2D eigenvalue weighted by atomic mass is 10.0. The molecule has 0 radical (unpaired) electrons. The van der Waals surface area contributed by atoms with Crippen LogP contribution in [0, 0.1) is 0 Å². The summed E-state index contributed by atoms with van der Waals surface area (Å²) in [6.07, 6.45) is 23.6. The van der Waals surface area contributed by atoms with E-state index in [9.17, 15) is 0 Å². The second-order valence-corrected chi connectivity index (χ2v) is 9.01. The van der Waals surface area contributed by atoms with Gasteiger partial charge in [-0.2, -0.15) is 0 Å². The number of rotatable bonds is 18. The monoisotopic (exact) mass is 400 g/mol. The Morgan fingerprint density at radius 3 is 2.17 bits per heavy atom. The van der Waals surface area contributed by atoms with Gasteiger partial charge in [-0.15, -0.1) is 0 Å². The molecule has 2 heteroatoms. The van der Waals surface area contributed by atoms with E-state index in [0.717, 1.165) is 18.8 Å². The lowest BCUT2D eigenvalue weighted by molar-refractivity contribution is 0.202. The smallest absolute Gasteiger partial charge is 0.123 e. The summed E-state index contributed by atoms with van der Waals surface area (Å²) in [6.45, 7) is 5.86. The van der Waals surface area contributed by atoms with Gasteiger partial charge in [0, 0.05) is 0 Å². The van der Waals surface area contributed by atoms with Crippen molar-refractivity contribution in [3.8, 4) is 5.75 Å². The standard InChI is InChI=1S/C27H44O2/c1-3-4-5-6-7-8-9-10-11-12-13-14-15-16-17-19-25-20-18-21-26(22-25)28-23-27(2)24-29-27/h9-10,18,20-22H,3-8,11-17,19,23-24H2,1-2H3/b10-9+. The summed E-state index contributed by atoms with van der Waals surface area (Å²) in [7, 11) is 0. The average Bonchev–Trinajstić information content (AvgIpc) is 3.47. The van der Waals surface area contributed by atoms with Crippen molar-refractivity contribution in [1.82, 2.24) is 0 Å². The van der Waals surface area contributed by atoms with Crippen molar-refractivity contribution in [3.05, 3.63) is 42.0 Å². The van der Waals surface area contributed by atoms with Gasteiger partial charge in [-0.3, -0.25) is 0 Å². The third kappa shape index (κ3) is 12.1. The molecular formula is C27H44O2. The van der Waals surface area contributed by atoms with Crippen molar-refractivity contribution in [3.63, 3.8) is 0 Å². The van der Waals surface area contributed by atoms with Gasteiger partial charge in [0.15, 0.2) is 0 Å². The van der Waals surface area contributed by atoms with Crippen LogP contribution in [0.2, 0.25) is 0 Å². The van der Waals surface area contributed by atoms with Gasteiger partial charge in [0.05, 0.1) is 6.61 Å². The second kappa shape index (κ2) is 14.7. The molecular weight excluding hydrogens is 356 g/mol. The molecule has 0 spiro atoms. The average molecular weight is 401 g/mol. The van der Waals surface area contributed by atoms with Gasteiger partial charge in [-0.05, 0) is 63.1 Å². The Kier molecular flexibility index (Phi) is 12.1. The quantitative estimate of drug-likeness (QED) is 0.141. The van der Waals surface area contributed by atoms with Crippen molar-refractivity contribution < 1.29 is 9.47 Å². The fraction of sp³-hybridized carbons (Fsp3) is 0.704. The van der Waals surface area contributed by atoms with Crippen LogP contribution in [0.15, 0.2) is 36.4 Å². The third-order valence-corrected chi connectivity index (χ3v) is 5.81. The van der Waals surface area contributed by atoms with Gasteiger partial charge in [0.25, 0.3) is 0 Å². The summed E-state index contributed by atoms with van der Waals surface area (Å²) in [4.78, 5) is 0. The molecule has 1 aliphatic heterocycles. The fourth-order valence-corrected chi connectivity index (χ4v) is 3.63. The number of epoxide rings is 1. The maximum Gasteiger partial charge on any atom is 0.123 e. The van der Waals surface area contributed by atoms with Gasteiger partial charge in [0.1, 0.15) is 18.0 Å². The zero-order valence-corrected chi connectivity index (χ0v) is 19.1. The van der Waals surface area contributed by atoms with E-state index in [-0.39, 0.29) is 5.60 Å². The normalized spacial score (nSPS) is 18.4. The van der Waals surface area contributed by atoms with Gasteiger partial charge in [-0.1, -0.05) is 82.6 Å². The Morgan fingerprint density at radius 1 is 0.897 bits per heavy atom. The molecule has 0 aromatic heterocycles. The second-order valence-electron chi connectivity index (χ2n) is 9.01. The Bertz CT molecular complexity index is 559. The summed E-state index contributed by atoms with van der Waals surface area (Å²) in [5.74, 6) is 0.980. The first-order chi connectivity index (χ1) is 14.2. The first kappa shape index (κ1) is 24.0. The molecule has 164 valence electrons. The number of allylic oxidation sites excluding steroid dienone is 2. The minimum Gasteiger partial charge on any atom is -0.490 e. The molecule has 1 saturated heterocycles. The predicted octanol–water partition coefficient (Wildman–Crippen LogP) is 8.04. The zero-order chi connectivity index (χ0) is 20.6. The number of hydrogen-bond acceptors (Lipinski definition) is 2. The molecule has 29 heavy (non-hydrogen) atoms. The van der Waals surface area contributed by atoms with Crippen molar-refractivity contribution in [1.29, 1.82) is 0 Å². The third-order valence-electron chi connectivity index (χ3n) is 5.81. The fourth-order valence-electron chi connectivity index (χ4n) is 3.63. The maximum atomic E-state index is 5.87. The number of benzene rings is 1. The van der Waals surface area contributed by atoms with Crippen molar-refractivity contribution in [2.45, 2.75) is 109 Å². The Hall–Kier alpha value is -1.28. The topological polar surface area (TPSA) is 21.8 Å².